The Bertz CT molecular complexity index is 747. The molecule has 0 N–H and O–H groups in total. The first kappa shape index (κ1) is 15.9. The Morgan fingerprint density at radius 3 is 2.83 bits per heavy atom. The van der Waals surface area contributed by atoms with Crippen LogP contribution < -0.4 is 4.74 Å². The van der Waals surface area contributed by atoms with Crippen LogP contribution in [0.4, 0.5) is 0 Å². The van der Waals surface area contributed by atoms with E-state index >= 15 is 0 Å². The summed E-state index contributed by atoms with van der Waals surface area (Å²) >= 11 is 0. The molecule has 1 aliphatic rings. The first-order valence-corrected chi connectivity index (χ1v) is 8.88. The maximum atomic E-state index is 12.6. The van der Waals surface area contributed by atoms with Crippen molar-refractivity contribution in [2.45, 2.75) is 17.7 Å². The molecule has 0 amide bonds. The molecular weight excluding hydrogens is 318 g/mol. The summed E-state index contributed by atoms with van der Waals surface area (Å²) < 4.78 is 33.8. The Morgan fingerprint density at radius 1 is 1.35 bits per heavy atom. The molecule has 23 heavy (non-hydrogen) atoms. The quantitative estimate of drug-likeness (QED) is 0.797. The van der Waals surface area contributed by atoms with Gasteiger partial charge in [0.15, 0.2) is 0 Å². The van der Waals surface area contributed by atoms with Gasteiger partial charge in [-0.05, 0) is 18.9 Å². The lowest BCUT2D eigenvalue weighted by atomic mass is 10.0. The van der Waals surface area contributed by atoms with Gasteiger partial charge in [-0.25, -0.2) is 18.4 Å². The fourth-order valence-electron chi connectivity index (χ4n) is 2.61. The van der Waals surface area contributed by atoms with Crippen LogP contribution in [0.25, 0.3) is 0 Å². The van der Waals surface area contributed by atoms with Gasteiger partial charge in [-0.15, -0.1) is 0 Å². The fraction of sp³-hybridized carbons (Fsp3) is 0.500. The second-order valence-electron chi connectivity index (χ2n) is 5.56. The number of aromatic nitrogens is 4. The molecule has 2 aromatic heterocycles. The highest BCUT2D eigenvalue weighted by molar-refractivity contribution is 7.89. The molecule has 1 fully saturated rings. The summed E-state index contributed by atoms with van der Waals surface area (Å²) in [6.45, 7) is 1.36. The normalized spacial score (nSPS) is 19.6. The lowest BCUT2D eigenvalue weighted by Gasteiger charge is -2.31. The maximum absolute atomic E-state index is 12.6. The number of nitrogens with zero attached hydrogens (tertiary/aromatic N) is 5. The smallest absolute Gasteiger partial charge is 0.316 e. The zero-order chi connectivity index (χ0) is 16.3. The first-order valence-electron chi connectivity index (χ1n) is 7.44. The minimum Gasteiger partial charge on any atom is -0.463 e. The van der Waals surface area contributed by atoms with Crippen molar-refractivity contribution in [2.75, 3.05) is 19.7 Å². The van der Waals surface area contributed by atoms with Crippen molar-refractivity contribution in [1.82, 2.24) is 24.1 Å². The molecule has 1 unspecified atom stereocenters. The van der Waals surface area contributed by atoms with E-state index in [1.165, 1.54) is 21.4 Å². The van der Waals surface area contributed by atoms with Gasteiger partial charge < -0.3 is 4.74 Å². The van der Waals surface area contributed by atoms with Crippen molar-refractivity contribution in [2.24, 2.45) is 13.0 Å². The third-order valence-electron chi connectivity index (χ3n) is 3.79. The molecule has 3 rings (SSSR count). The third-order valence-corrected chi connectivity index (χ3v) is 5.61. The van der Waals surface area contributed by atoms with Gasteiger partial charge in [0.2, 0.25) is 10.0 Å². The van der Waals surface area contributed by atoms with Gasteiger partial charge in [-0.3, -0.25) is 4.68 Å². The Kier molecular flexibility index (Phi) is 4.58. The van der Waals surface area contributed by atoms with E-state index in [4.69, 9.17) is 4.74 Å². The highest BCUT2D eigenvalue weighted by Crippen LogP contribution is 2.23. The van der Waals surface area contributed by atoms with Crippen molar-refractivity contribution in [3.63, 3.8) is 0 Å². The van der Waals surface area contributed by atoms with Crippen LogP contribution in [0, 0.1) is 5.92 Å². The number of ether oxygens (including phenoxy) is 1. The topological polar surface area (TPSA) is 90.2 Å². The van der Waals surface area contributed by atoms with Crippen molar-refractivity contribution in [3.05, 3.63) is 30.9 Å². The number of hydrogen-bond acceptors (Lipinski definition) is 6. The summed E-state index contributed by atoms with van der Waals surface area (Å²) in [5.41, 5.74) is 0. The van der Waals surface area contributed by atoms with Gasteiger partial charge in [0.25, 0.3) is 0 Å². The molecule has 0 radical (unpaired) electrons. The molecule has 3 heterocycles. The second-order valence-corrected chi connectivity index (χ2v) is 7.50. The van der Waals surface area contributed by atoms with Crippen molar-refractivity contribution >= 4 is 10.0 Å². The highest BCUT2D eigenvalue weighted by atomic mass is 32.2. The lowest BCUT2D eigenvalue weighted by Crippen LogP contribution is -2.41. The monoisotopic (exact) mass is 337 g/mol. The van der Waals surface area contributed by atoms with E-state index in [1.807, 2.05) is 0 Å². The van der Waals surface area contributed by atoms with Crippen LogP contribution in [-0.4, -0.2) is 52.2 Å². The predicted molar refractivity (Wildman–Crippen MR) is 82.2 cm³/mol. The summed E-state index contributed by atoms with van der Waals surface area (Å²) in [6.07, 6.45) is 7.86. The molecule has 0 aromatic carbocycles. The first-order chi connectivity index (χ1) is 11.1. The van der Waals surface area contributed by atoms with E-state index in [-0.39, 0.29) is 10.8 Å². The SMILES string of the molecule is Cn1cc(S(=O)(=O)N2CCCC(COc3ncccn3)C2)cn1. The molecule has 0 bridgehead atoms. The number of aryl methyl sites for hydroxylation is 1. The molecule has 124 valence electrons. The Balaban J connectivity index is 1.64. The summed E-state index contributed by atoms with van der Waals surface area (Å²) in [5.74, 6) is 0.124. The van der Waals surface area contributed by atoms with E-state index in [2.05, 4.69) is 15.1 Å². The van der Waals surface area contributed by atoms with Gasteiger partial charge in [0.1, 0.15) is 4.90 Å². The standard InChI is InChI=1S/C14H19N5O3S/c1-18-10-13(8-17-18)23(20,21)19-7-2-4-12(9-19)11-22-14-15-5-3-6-16-14/h3,5-6,8,10,12H,2,4,7,9,11H2,1H3. The Morgan fingerprint density at radius 2 is 2.13 bits per heavy atom. The average Bonchev–Trinajstić information content (AvgIpc) is 3.01. The van der Waals surface area contributed by atoms with E-state index in [0.29, 0.717) is 25.7 Å². The van der Waals surface area contributed by atoms with Crippen LogP contribution in [-0.2, 0) is 17.1 Å². The van der Waals surface area contributed by atoms with E-state index in [0.717, 1.165) is 12.8 Å². The number of rotatable bonds is 5. The Labute approximate surface area is 135 Å². The molecule has 0 saturated carbocycles. The summed E-state index contributed by atoms with van der Waals surface area (Å²) in [4.78, 5) is 8.24. The number of piperidine rings is 1. The van der Waals surface area contributed by atoms with Crippen molar-refractivity contribution < 1.29 is 13.2 Å². The average molecular weight is 337 g/mol. The van der Waals surface area contributed by atoms with Crippen LogP contribution in [0.15, 0.2) is 35.7 Å². The minimum atomic E-state index is -3.49. The minimum absolute atomic E-state index is 0.124. The summed E-state index contributed by atoms with van der Waals surface area (Å²) in [6, 6.07) is 2.04. The van der Waals surface area contributed by atoms with Crippen LogP contribution in [0.1, 0.15) is 12.8 Å². The van der Waals surface area contributed by atoms with Gasteiger partial charge in [-0.2, -0.15) is 9.40 Å². The molecule has 9 heteroatoms. The molecule has 0 aliphatic carbocycles. The van der Waals surface area contributed by atoms with E-state index in [9.17, 15) is 8.42 Å². The van der Waals surface area contributed by atoms with E-state index in [1.54, 1.807) is 25.5 Å². The van der Waals surface area contributed by atoms with Gasteiger partial charge >= 0.3 is 6.01 Å². The molecule has 0 spiro atoms. The van der Waals surface area contributed by atoms with Crippen LogP contribution in [0.2, 0.25) is 0 Å². The summed E-state index contributed by atoms with van der Waals surface area (Å²) in [7, 11) is -1.79. The molecule has 2 aromatic rings. The molecule has 1 atom stereocenters. The highest BCUT2D eigenvalue weighted by Gasteiger charge is 2.31. The van der Waals surface area contributed by atoms with Crippen molar-refractivity contribution in [3.8, 4) is 6.01 Å². The van der Waals surface area contributed by atoms with Gasteiger partial charge in [-0.1, -0.05) is 0 Å². The lowest BCUT2D eigenvalue weighted by molar-refractivity contribution is 0.171. The number of hydrogen-bond donors (Lipinski definition) is 0. The number of sulfonamides is 1. The molecule has 1 saturated heterocycles. The fourth-order valence-corrected chi connectivity index (χ4v) is 4.16. The second kappa shape index (κ2) is 6.63. The van der Waals surface area contributed by atoms with Crippen molar-refractivity contribution in [1.29, 1.82) is 0 Å². The molecule has 8 nitrogen and oxygen atoms in total. The third kappa shape index (κ3) is 3.67. The maximum Gasteiger partial charge on any atom is 0.316 e. The van der Waals surface area contributed by atoms with Crippen LogP contribution >= 0.6 is 0 Å². The van der Waals surface area contributed by atoms with E-state index < -0.39 is 10.0 Å². The predicted octanol–water partition coefficient (Wildman–Crippen LogP) is 0.690. The zero-order valence-electron chi connectivity index (χ0n) is 12.9. The van der Waals surface area contributed by atoms with Crippen LogP contribution in [0.5, 0.6) is 6.01 Å². The molecular formula is C14H19N5O3S. The van der Waals surface area contributed by atoms with Gasteiger partial charge in [0, 0.05) is 44.6 Å². The van der Waals surface area contributed by atoms with Gasteiger partial charge in [0.05, 0.1) is 12.8 Å². The van der Waals surface area contributed by atoms with Crippen LogP contribution in [0.3, 0.4) is 0 Å². The molecule has 1 aliphatic heterocycles. The summed E-state index contributed by atoms with van der Waals surface area (Å²) in [5, 5.41) is 3.94. The largest absolute Gasteiger partial charge is 0.463 e. The Hall–Kier alpha value is -2.00. The zero-order valence-corrected chi connectivity index (χ0v) is 13.7.